The van der Waals surface area contributed by atoms with Crippen molar-refractivity contribution in [2.24, 2.45) is 16.8 Å². The largest absolute Gasteiger partial charge is 0.434 e. The minimum atomic E-state index is -4.57. The first-order valence-corrected chi connectivity index (χ1v) is 10.2. The molecule has 0 spiro atoms. The number of piperidine rings is 1. The van der Waals surface area contributed by atoms with Gasteiger partial charge in [0.25, 0.3) is 0 Å². The minimum Gasteiger partial charge on any atom is -0.396 e. The second kappa shape index (κ2) is 7.97. The van der Waals surface area contributed by atoms with Gasteiger partial charge >= 0.3 is 6.18 Å². The molecule has 5 heterocycles. The first kappa shape index (κ1) is 20.6. The third-order valence-corrected chi connectivity index (χ3v) is 5.82. The number of hydrogen-bond donors (Lipinski definition) is 1. The second-order valence-electron chi connectivity index (χ2n) is 7.96. The SMILES string of the molecule is OCC1CC(C2=CCN=C2)CN(c2ccnc(-c3cnc4cnc(C(F)(F)F)cn34)n2)C1. The fourth-order valence-corrected chi connectivity index (χ4v) is 4.26. The molecule has 0 saturated carbocycles. The molecule has 2 aliphatic heterocycles. The van der Waals surface area contributed by atoms with Gasteiger partial charge in [-0.25, -0.2) is 19.9 Å². The van der Waals surface area contributed by atoms with Gasteiger partial charge in [-0.1, -0.05) is 6.08 Å². The van der Waals surface area contributed by atoms with Crippen LogP contribution in [0.4, 0.5) is 19.0 Å². The Hall–Kier alpha value is -3.34. The van der Waals surface area contributed by atoms with Gasteiger partial charge in [-0.05, 0) is 18.1 Å². The van der Waals surface area contributed by atoms with Crippen molar-refractivity contribution in [1.29, 1.82) is 0 Å². The number of fused-ring (bicyclic) bond motifs is 1. The predicted molar refractivity (Wildman–Crippen MR) is 111 cm³/mol. The lowest BCUT2D eigenvalue weighted by Crippen LogP contribution is -2.43. The number of aliphatic hydroxyl groups is 1. The zero-order valence-electron chi connectivity index (χ0n) is 16.9. The van der Waals surface area contributed by atoms with Crippen molar-refractivity contribution in [2.45, 2.75) is 12.6 Å². The van der Waals surface area contributed by atoms with Gasteiger partial charge in [-0.2, -0.15) is 13.2 Å². The average Bonchev–Trinajstić information content (AvgIpc) is 3.48. The Kier molecular flexibility index (Phi) is 5.12. The van der Waals surface area contributed by atoms with Crippen LogP contribution >= 0.6 is 0 Å². The number of hydrogen-bond acceptors (Lipinski definition) is 7. The average molecular weight is 443 g/mol. The van der Waals surface area contributed by atoms with E-state index in [1.165, 1.54) is 10.6 Å². The number of halogens is 3. The van der Waals surface area contributed by atoms with Crippen LogP contribution in [0.1, 0.15) is 12.1 Å². The zero-order valence-corrected chi connectivity index (χ0v) is 16.9. The summed E-state index contributed by atoms with van der Waals surface area (Å²) in [7, 11) is 0. The van der Waals surface area contributed by atoms with E-state index in [4.69, 9.17) is 0 Å². The van der Waals surface area contributed by atoms with Crippen LogP contribution in [-0.2, 0) is 6.18 Å². The summed E-state index contributed by atoms with van der Waals surface area (Å²) >= 11 is 0. The van der Waals surface area contributed by atoms with E-state index in [0.29, 0.717) is 31.1 Å². The van der Waals surface area contributed by atoms with Crippen molar-refractivity contribution < 1.29 is 18.3 Å². The third-order valence-electron chi connectivity index (χ3n) is 5.82. The molecule has 0 aliphatic carbocycles. The molecule has 1 saturated heterocycles. The Bertz CT molecular complexity index is 1200. The van der Waals surface area contributed by atoms with Gasteiger partial charge in [0.05, 0.1) is 18.9 Å². The summed E-state index contributed by atoms with van der Waals surface area (Å²) < 4.78 is 40.7. The quantitative estimate of drug-likeness (QED) is 0.667. The molecular formula is C21H20F3N7O. The first-order valence-electron chi connectivity index (χ1n) is 10.2. The van der Waals surface area contributed by atoms with E-state index in [2.05, 4.69) is 35.9 Å². The fourth-order valence-electron chi connectivity index (χ4n) is 4.26. The fraction of sp³-hybridized carbons (Fsp3) is 0.381. The summed E-state index contributed by atoms with van der Waals surface area (Å²) in [6, 6.07) is 1.77. The smallest absolute Gasteiger partial charge is 0.396 e. The van der Waals surface area contributed by atoms with Gasteiger partial charge in [0, 0.05) is 50.1 Å². The maximum absolute atomic E-state index is 13.1. The van der Waals surface area contributed by atoms with Gasteiger partial charge in [0.2, 0.25) is 0 Å². The molecule has 11 heteroatoms. The van der Waals surface area contributed by atoms with Gasteiger partial charge < -0.3 is 10.0 Å². The number of aliphatic hydroxyl groups excluding tert-OH is 1. The Balaban J connectivity index is 1.49. The number of rotatable bonds is 4. The third kappa shape index (κ3) is 3.83. The number of alkyl halides is 3. The summed E-state index contributed by atoms with van der Waals surface area (Å²) in [5.74, 6) is 1.22. The van der Waals surface area contributed by atoms with Crippen LogP contribution in [0, 0.1) is 11.8 Å². The van der Waals surface area contributed by atoms with Gasteiger partial charge in [-0.15, -0.1) is 0 Å². The molecule has 0 bridgehead atoms. The van der Waals surface area contributed by atoms with Gasteiger partial charge in [-0.3, -0.25) is 9.39 Å². The molecule has 0 amide bonds. The summed E-state index contributed by atoms with van der Waals surface area (Å²) in [6.07, 6.45) is 5.27. The lowest BCUT2D eigenvalue weighted by Gasteiger charge is -2.38. The molecule has 1 fully saturated rings. The predicted octanol–water partition coefficient (Wildman–Crippen LogP) is 2.65. The lowest BCUT2D eigenvalue weighted by atomic mass is 9.85. The Morgan fingerprint density at radius 2 is 2.00 bits per heavy atom. The number of imidazole rings is 1. The van der Waals surface area contributed by atoms with Crippen molar-refractivity contribution >= 4 is 17.7 Å². The highest BCUT2D eigenvalue weighted by Crippen LogP contribution is 2.32. The normalized spacial score (nSPS) is 21.4. The summed E-state index contributed by atoms with van der Waals surface area (Å²) in [6.45, 7) is 2.08. The molecule has 1 N–H and O–H groups in total. The molecular weight excluding hydrogens is 423 g/mol. The van der Waals surface area contributed by atoms with Crippen molar-refractivity contribution in [3.63, 3.8) is 0 Å². The molecule has 3 aromatic rings. The lowest BCUT2D eigenvalue weighted by molar-refractivity contribution is -0.141. The molecule has 2 unspecified atom stereocenters. The Morgan fingerprint density at radius 3 is 2.75 bits per heavy atom. The van der Waals surface area contributed by atoms with Crippen LogP contribution in [0.25, 0.3) is 17.2 Å². The van der Waals surface area contributed by atoms with E-state index < -0.39 is 11.9 Å². The molecule has 8 nitrogen and oxygen atoms in total. The van der Waals surface area contributed by atoms with Crippen molar-refractivity contribution in [3.05, 3.63) is 48.2 Å². The Morgan fingerprint density at radius 1 is 1.12 bits per heavy atom. The first-order chi connectivity index (χ1) is 15.4. The van der Waals surface area contributed by atoms with Crippen molar-refractivity contribution in [3.8, 4) is 11.5 Å². The van der Waals surface area contributed by atoms with Crippen LogP contribution < -0.4 is 4.90 Å². The van der Waals surface area contributed by atoms with Gasteiger partial charge in [0.1, 0.15) is 11.5 Å². The van der Waals surface area contributed by atoms with Gasteiger partial charge in [0.15, 0.2) is 17.2 Å². The van der Waals surface area contributed by atoms with E-state index in [-0.39, 0.29) is 29.9 Å². The van der Waals surface area contributed by atoms with Crippen LogP contribution in [0.2, 0.25) is 0 Å². The van der Waals surface area contributed by atoms with Crippen molar-refractivity contribution in [1.82, 2.24) is 24.3 Å². The van der Waals surface area contributed by atoms with E-state index in [1.807, 2.05) is 6.21 Å². The molecule has 166 valence electrons. The Labute approximate surface area is 181 Å². The van der Waals surface area contributed by atoms with Crippen LogP contribution in [0.5, 0.6) is 0 Å². The van der Waals surface area contributed by atoms with E-state index >= 15 is 0 Å². The monoisotopic (exact) mass is 443 g/mol. The van der Waals surface area contributed by atoms with Crippen LogP contribution in [-0.4, -0.2) is 61.9 Å². The van der Waals surface area contributed by atoms with E-state index in [0.717, 1.165) is 24.4 Å². The molecule has 3 aromatic heterocycles. The zero-order chi connectivity index (χ0) is 22.3. The topological polar surface area (TPSA) is 91.8 Å². The molecule has 0 aromatic carbocycles. The molecule has 32 heavy (non-hydrogen) atoms. The summed E-state index contributed by atoms with van der Waals surface area (Å²) in [5.41, 5.74) is 0.758. The highest BCUT2D eigenvalue weighted by atomic mass is 19.4. The molecule has 2 atom stereocenters. The molecule has 2 aliphatic rings. The highest BCUT2D eigenvalue weighted by Gasteiger charge is 2.33. The number of anilines is 1. The van der Waals surface area contributed by atoms with Crippen LogP contribution in [0.3, 0.4) is 0 Å². The van der Waals surface area contributed by atoms with E-state index in [9.17, 15) is 18.3 Å². The van der Waals surface area contributed by atoms with E-state index in [1.54, 1.807) is 12.3 Å². The number of nitrogens with zero attached hydrogens (tertiary/aromatic N) is 7. The maximum Gasteiger partial charge on any atom is 0.434 e. The van der Waals surface area contributed by atoms with Crippen LogP contribution in [0.15, 0.2) is 47.5 Å². The maximum atomic E-state index is 13.1. The summed E-state index contributed by atoms with van der Waals surface area (Å²) in [5, 5.41) is 9.81. The molecule has 5 rings (SSSR count). The number of aliphatic imine (C=N–C) groups is 1. The molecule has 0 radical (unpaired) electrons. The summed E-state index contributed by atoms with van der Waals surface area (Å²) in [4.78, 5) is 22.8. The highest BCUT2D eigenvalue weighted by molar-refractivity contribution is 5.81. The minimum absolute atomic E-state index is 0.0653. The standard InChI is InChI=1S/C21H20F3N7O/c22-21(23,24)17-11-31-16(7-28-19(31)8-27-17)20-26-4-2-18(29-20)30-9-13(12-32)5-15(10-30)14-1-3-25-6-14/h1-2,4,6-8,11,13,15,32H,3,5,9-10,12H2. The van der Waals surface area contributed by atoms with Crippen molar-refractivity contribution in [2.75, 3.05) is 31.1 Å². The second-order valence-corrected chi connectivity index (χ2v) is 7.96. The number of aromatic nitrogens is 5.